The number of amides is 1. The molecule has 0 spiro atoms. The lowest BCUT2D eigenvalue weighted by Gasteiger charge is -2.30. The maximum absolute atomic E-state index is 12.5. The van der Waals surface area contributed by atoms with Gasteiger partial charge in [-0.2, -0.15) is 0 Å². The molecular formula is C21H29N3O3S. The van der Waals surface area contributed by atoms with Crippen LogP contribution in [0.2, 0.25) is 0 Å². The van der Waals surface area contributed by atoms with Crippen LogP contribution in [0.1, 0.15) is 29.8 Å². The van der Waals surface area contributed by atoms with Crippen molar-refractivity contribution in [2.75, 3.05) is 26.7 Å². The summed E-state index contributed by atoms with van der Waals surface area (Å²) in [5.74, 6) is -0.210. The number of hydrogen-bond acceptors (Lipinski definition) is 4. The zero-order chi connectivity index (χ0) is 20.6. The van der Waals surface area contributed by atoms with Crippen LogP contribution in [0.4, 0.5) is 0 Å². The van der Waals surface area contributed by atoms with Crippen molar-refractivity contribution in [2.24, 2.45) is 0 Å². The van der Waals surface area contributed by atoms with Crippen LogP contribution < -0.4 is 10.0 Å². The Balaban J connectivity index is 2.06. The number of carbonyl (C=O) groups excluding carboxylic acids is 1. The van der Waals surface area contributed by atoms with Crippen molar-refractivity contribution in [1.29, 1.82) is 0 Å². The smallest absolute Gasteiger partial charge is 0.251 e. The van der Waals surface area contributed by atoms with Crippen LogP contribution in [0.5, 0.6) is 0 Å². The average Bonchev–Trinajstić information content (AvgIpc) is 2.73. The maximum Gasteiger partial charge on any atom is 0.251 e. The number of nitrogens with zero attached hydrogens (tertiary/aromatic N) is 1. The van der Waals surface area contributed by atoms with Crippen LogP contribution in [-0.2, 0) is 16.4 Å². The molecule has 0 aliphatic heterocycles. The second-order valence-electron chi connectivity index (χ2n) is 6.51. The highest BCUT2D eigenvalue weighted by molar-refractivity contribution is 7.89. The number of rotatable bonds is 10. The van der Waals surface area contributed by atoms with Crippen molar-refractivity contribution >= 4 is 15.9 Å². The first kappa shape index (κ1) is 22.1. The van der Waals surface area contributed by atoms with E-state index in [1.807, 2.05) is 18.2 Å². The number of nitrogens with one attached hydrogen (secondary N) is 2. The number of benzene rings is 2. The summed E-state index contributed by atoms with van der Waals surface area (Å²) >= 11 is 0. The first-order valence-corrected chi connectivity index (χ1v) is 11.0. The molecule has 28 heavy (non-hydrogen) atoms. The predicted molar refractivity (Wildman–Crippen MR) is 112 cm³/mol. The molecule has 0 heterocycles. The highest BCUT2D eigenvalue weighted by Gasteiger charge is 2.18. The lowest BCUT2D eigenvalue weighted by atomic mass is 10.0. The highest BCUT2D eigenvalue weighted by atomic mass is 32.2. The van der Waals surface area contributed by atoms with Gasteiger partial charge in [-0.3, -0.25) is 9.69 Å². The fraction of sp³-hybridized carbons (Fsp3) is 0.381. The van der Waals surface area contributed by atoms with Gasteiger partial charge in [0.25, 0.3) is 5.91 Å². The lowest BCUT2D eigenvalue weighted by Crippen LogP contribution is -2.45. The van der Waals surface area contributed by atoms with Crippen molar-refractivity contribution in [2.45, 2.75) is 31.2 Å². The topological polar surface area (TPSA) is 78.5 Å². The molecule has 1 atom stereocenters. The van der Waals surface area contributed by atoms with Gasteiger partial charge in [-0.05, 0) is 56.4 Å². The van der Waals surface area contributed by atoms with Crippen molar-refractivity contribution in [3.8, 4) is 0 Å². The summed E-state index contributed by atoms with van der Waals surface area (Å²) in [5, 5.41) is 2.99. The molecule has 6 nitrogen and oxygen atoms in total. The van der Waals surface area contributed by atoms with Gasteiger partial charge in [0.05, 0.1) is 4.90 Å². The summed E-state index contributed by atoms with van der Waals surface area (Å²) in [4.78, 5) is 15.0. The molecular weight excluding hydrogens is 374 g/mol. The molecule has 2 N–H and O–H groups in total. The van der Waals surface area contributed by atoms with Crippen LogP contribution in [0.25, 0.3) is 0 Å². The van der Waals surface area contributed by atoms with Crippen LogP contribution in [0.15, 0.2) is 59.5 Å². The van der Waals surface area contributed by atoms with E-state index in [-0.39, 0.29) is 16.8 Å². The van der Waals surface area contributed by atoms with Crippen molar-refractivity contribution in [3.63, 3.8) is 0 Å². The number of likely N-dealkylation sites (N-methyl/N-ethyl adjacent to an activating group) is 1. The Morgan fingerprint density at radius 3 is 2.14 bits per heavy atom. The van der Waals surface area contributed by atoms with Crippen molar-refractivity contribution in [3.05, 3.63) is 65.7 Å². The minimum atomic E-state index is -3.51. The van der Waals surface area contributed by atoms with Gasteiger partial charge in [-0.15, -0.1) is 0 Å². The Hall–Kier alpha value is -2.22. The quantitative estimate of drug-likeness (QED) is 0.638. The molecule has 1 unspecified atom stereocenters. The lowest BCUT2D eigenvalue weighted by molar-refractivity contribution is 0.0934. The van der Waals surface area contributed by atoms with Crippen LogP contribution in [0.3, 0.4) is 0 Å². The predicted octanol–water partition coefficient (Wildman–Crippen LogP) is 2.28. The summed E-state index contributed by atoms with van der Waals surface area (Å²) in [6, 6.07) is 16.4. The molecule has 0 saturated heterocycles. The second-order valence-corrected chi connectivity index (χ2v) is 8.39. The van der Waals surface area contributed by atoms with E-state index in [2.05, 4.69) is 40.9 Å². The SMILES string of the molecule is CCN(CC)C(CNC(=O)c1ccc(S(=O)(=O)NC)cc1)Cc1ccccc1. The molecule has 0 bridgehead atoms. The molecule has 2 aromatic carbocycles. The van der Waals surface area contributed by atoms with Crippen LogP contribution in [0, 0.1) is 0 Å². The van der Waals surface area contributed by atoms with Gasteiger partial charge in [0.1, 0.15) is 0 Å². The first-order chi connectivity index (χ1) is 13.4. The van der Waals surface area contributed by atoms with Gasteiger partial charge in [0.2, 0.25) is 10.0 Å². The Bertz CT molecular complexity index is 848. The monoisotopic (exact) mass is 403 g/mol. The molecule has 2 aromatic rings. The molecule has 0 saturated carbocycles. The summed E-state index contributed by atoms with van der Waals surface area (Å²) in [5.41, 5.74) is 1.67. The van der Waals surface area contributed by atoms with Gasteiger partial charge in [0, 0.05) is 18.2 Å². The van der Waals surface area contributed by atoms with E-state index < -0.39 is 10.0 Å². The Morgan fingerprint density at radius 1 is 1.00 bits per heavy atom. The summed E-state index contributed by atoms with van der Waals surface area (Å²) < 4.78 is 25.9. The fourth-order valence-electron chi connectivity index (χ4n) is 3.17. The minimum Gasteiger partial charge on any atom is -0.350 e. The molecule has 0 aromatic heterocycles. The first-order valence-electron chi connectivity index (χ1n) is 9.51. The third-order valence-corrected chi connectivity index (χ3v) is 6.27. The molecule has 1 amide bonds. The van der Waals surface area contributed by atoms with E-state index in [0.29, 0.717) is 12.1 Å². The zero-order valence-corrected chi connectivity index (χ0v) is 17.5. The fourth-order valence-corrected chi connectivity index (χ4v) is 3.90. The molecule has 2 rings (SSSR count). The van der Waals surface area contributed by atoms with E-state index in [1.165, 1.54) is 36.9 Å². The normalized spacial score (nSPS) is 12.7. The van der Waals surface area contributed by atoms with E-state index in [0.717, 1.165) is 19.5 Å². The Labute approximate surface area is 168 Å². The van der Waals surface area contributed by atoms with Gasteiger partial charge >= 0.3 is 0 Å². The molecule has 7 heteroatoms. The highest BCUT2D eigenvalue weighted by Crippen LogP contribution is 2.11. The van der Waals surface area contributed by atoms with Gasteiger partial charge < -0.3 is 5.32 Å². The molecule has 0 aliphatic rings. The van der Waals surface area contributed by atoms with E-state index in [4.69, 9.17) is 0 Å². The third-order valence-electron chi connectivity index (χ3n) is 4.84. The standard InChI is InChI=1S/C21H29N3O3S/c1-4-24(5-2)19(15-17-9-7-6-8-10-17)16-23-21(25)18-11-13-20(14-12-18)28(26,27)22-3/h6-14,19,22H,4-5,15-16H2,1-3H3,(H,23,25). The van der Waals surface area contributed by atoms with Crippen LogP contribution >= 0.6 is 0 Å². The molecule has 0 fully saturated rings. The maximum atomic E-state index is 12.5. The second kappa shape index (κ2) is 10.4. The van der Waals surface area contributed by atoms with E-state index >= 15 is 0 Å². The average molecular weight is 404 g/mol. The Morgan fingerprint density at radius 2 is 1.61 bits per heavy atom. The minimum absolute atomic E-state index is 0.136. The van der Waals surface area contributed by atoms with Gasteiger partial charge in [-0.1, -0.05) is 44.2 Å². The summed E-state index contributed by atoms with van der Waals surface area (Å²) in [6.45, 7) is 6.56. The van der Waals surface area contributed by atoms with Gasteiger partial charge in [0.15, 0.2) is 0 Å². The number of carbonyl (C=O) groups is 1. The molecule has 0 radical (unpaired) electrons. The van der Waals surface area contributed by atoms with Crippen LogP contribution in [-0.4, -0.2) is 51.9 Å². The zero-order valence-electron chi connectivity index (χ0n) is 16.7. The largest absolute Gasteiger partial charge is 0.350 e. The van der Waals surface area contributed by atoms with Crippen molar-refractivity contribution in [1.82, 2.24) is 14.9 Å². The van der Waals surface area contributed by atoms with Gasteiger partial charge in [-0.25, -0.2) is 13.1 Å². The van der Waals surface area contributed by atoms with E-state index in [9.17, 15) is 13.2 Å². The number of hydrogen-bond donors (Lipinski definition) is 2. The summed E-state index contributed by atoms with van der Waals surface area (Å²) in [7, 11) is -2.15. The Kier molecular flexibility index (Phi) is 8.17. The molecule has 152 valence electrons. The third kappa shape index (κ3) is 5.89. The van der Waals surface area contributed by atoms with Crippen molar-refractivity contribution < 1.29 is 13.2 Å². The number of sulfonamides is 1. The van der Waals surface area contributed by atoms with E-state index in [1.54, 1.807) is 0 Å². The summed E-state index contributed by atoms with van der Waals surface area (Å²) in [6.07, 6.45) is 0.849. The molecule has 0 aliphatic carbocycles.